The van der Waals surface area contributed by atoms with E-state index < -0.39 is 0 Å². The highest BCUT2D eigenvalue weighted by Crippen LogP contribution is 2.09. The summed E-state index contributed by atoms with van der Waals surface area (Å²) in [5.74, 6) is 0.301. The van der Waals surface area contributed by atoms with E-state index in [4.69, 9.17) is 0 Å². The number of Topliss-reactive ketones (excluding diaryl/α,β-unsaturated/α-hetero) is 1. The minimum Gasteiger partial charge on any atom is -0.299 e. The van der Waals surface area contributed by atoms with Crippen molar-refractivity contribution in [3.63, 3.8) is 0 Å². The van der Waals surface area contributed by atoms with Crippen LogP contribution in [0.5, 0.6) is 0 Å². The Labute approximate surface area is 85.5 Å². The molecule has 0 N–H and O–H groups in total. The maximum absolute atomic E-state index is 11.1. The number of carbonyl (C=O) groups excluding carboxylic acids is 1. The number of hydrogen-bond donors (Lipinski definition) is 0. The first kappa shape index (κ1) is 10.7. The van der Waals surface area contributed by atoms with Gasteiger partial charge in [0.15, 0.2) is 0 Å². The monoisotopic (exact) mass is 188 g/mol. The fraction of sp³-hybridized carbons (Fsp3) is 0.308. The Balaban J connectivity index is 2.67. The zero-order chi connectivity index (χ0) is 10.4. The highest BCUT2D eigenvalue weighted by molar-refractivity contribution is 5.81. The van der Waals surface area contributed by atoms with Gasteiger partial charge in [-0.1, -0.05) is 49.4 Å². The molecule has 1 unspecified atom stereocenters. The van der Waals surface area contributed by atoms with Crippen molar-refractivity contribution in [3.05, 3.63) is 42.0 Å². The summed E-state index contributed by atoms with van der Waals surface area (Å²) < 4.78 is 0. The second kappa shape index (κ2) is 5.38. The van der Waals surface area contributed by atoms with Crippen LogP contribution in [-0.4, -0.2) is 5.78 Å². The molecule has 0 spiro atoms. The largest absolute Gasteiger partial charge is 0.299 e. The molecule has 0 aliphatic heterocycles. The first-order valence-electron chi connectivity index (χ1n) is 4.97. The molecule has 0 saturated heterocycles. The fourth-order valence-corrected chi connectivity index (χ4v) is 1.35. The maximum atomic E-state index is 11.1. The first-order valence-corrected chi connectivity index (χ1v) is 4.97. The Morgan fingerprint density at radius 2 is 2.00 bits per heavy atom. The van der Waals surface area contributed by atoms with E-state index in [-0.39, 0.29) is 11.7 Å². The van der Waals surface area contributed by atoms with Crippen molar-refractivity contribution in [1.29, 1.82) is 0 Å². The van der Waals surface area contributed by atoms with Gasteiger partial charge in [-0.15, -0.1) is 0 Å². The number of allylic oxidation sites excluding steroid dienone is 1. The van der Waals surface area contributed by atoms with Crippen molar-refractivity contribution in [3.8, 4) is 0 Å². The predicted octanol–water partition coefficient (Wildman–Crippen LogP) is 3.32. The highest BCUT2D eigenvalue weighted by atomic mass is 16.1. The third-order valence-electron chi connectivity index (χ3n) is 2.28. The quantitative estimate of drug-likeness (QED) is 0.708. The van der Waals surface area contributed by atoms with Crippen LogP contribution >= 0.6 is 0 Å². The molecule has 1 aromatic carbocycles. The van der Waals surface area contributed by atoms with E-state index >= 15 is 0 Å². The molecule has 1 nitrogen and oxygen atoms in total. The lowest BCUT2D eigenvalue weighted by Gasteiger charge is -2.03. The second-order valence-corrected chi connectivity index (χ2v) is 3.40. The van der Waals surface area contributed by atoms with Crippen molar-refractivity contribution in [2.75, 3.05) is 0 Å². The van der Waals surface area contributed by atoms with Gasteiger partial charge in [-0.2, -0.15) is 0 Å². The SMILES string of the molecule is CCC(/C=C\c1ccccc1)C(C)=O. The van der Waals surface area contributed by atoms with E-state index in [2.05, 4.69) is 0 Å². The van der Waals surface area contributed by atoms with Gasteiger partial charge >= 0.3 is 0 Å². The Hall–Kier alpha value is -1.37. The predicted molar refractivity (Wildman–Crippen MR) is 59.9 cm³/mol. The van der Waals surface area contributed by atoms with E-state index in [1.54, 1.807) is 6.92 Å². The minimum absolute atomic E-state index is 0.0650. The van der Waals surface area contributed by atoms with E-state index in [1.165, 1.54) is 0 Å². The van der Waals surface area contributed by atoms with Crippen molar-refractivity contribution in [1.82, 2.24) is 0 Å². The van der Waals surface area contributed by atoms with E-state index in [0.29, 0.717) is 0 Å². The second-order valence-electron chi connectivity index (χ2n) is 3.40. The van der Waals surface area contributed by atoms with Gasteiger partial charge in [-0.05, 0) is 18.9 Å². The smallest absolute Gasteiger partial charge is 0.136 e. The van der Waals surface area contributed by atoms with E-state index in [1.807, 2.05) is 49.4 Å². The van der Waals surface area contributed by atoms with Crippen LogP contribution in [0.1, 0.15) is 25.8 Å². The third kappa shape index (κ3) is 3.17. The molecular formula is C13H16O. The zero-order valence-electron chi connectivity index (χ0n) is 8.73. The van der Waals surface area contributed by atoms with Crippen molar-refractivity contribution in [2.24, 2.45) is 5.92 Å². The van der Waals surface area contributed by atoms with Gasteiger partial charge in [-0.3, -0.25) is 4.79 Å². The summed E-state index contributed by atoms with van der Waals surface area (Å²) in [5.41, 5.74) is 1.15. The molecule has 14 heavy (non-hydrogen) atoms. The Kier molecular flexibility index (Phi) is 4.11. The average molecular weight is 188 g/mol. The molecule has 0 aliphatic rings. The molecule has 0 aromatic heterocycles. The maximum Gasteiger partial charge on any atom is 0.136 e. The van der Waals surface area contributed by atoms with Gasteiger partial charge < -0.3 is 0 Å². The first-order chi connectivity index (χ1) is 6.74. The average Bonchev–Trinajstić information content (AvgIpc) is 2.20. The van der Waals surface area contributed by atoms with Crippen LogP contribution in [0.3, 0.4) is 0 Å². The number of ketones is 1. The molecule has 74 valence electrons. The third-order valence-corrected chi connectivity index (χ3v) is 2.28. The van der Waals surface area contributed by atoms with Gasteiger partial charge in [0.1, 0.15) is 5.78 Å². The zero-order valence-corrected chi connectivity index (χ0v) is 8.73. The lowest BCUT2D eigenvalue weighted by atomic mass is 10.0. The fourth-order valence-electron chi connectivity index (χ4n) is 1.35. The van der Waals surface area contributed by atoms with Gasteiger partial charge in [0.25, 0.3) is 0 Å². The van der Waals surface area contributed by atoms with Crippen LogP contribution in [0.4, 0.5) is 0 Å². The van der Waals surface area contributed by atoms with Crippen molar-refractivity contribution >= 4 is 11.9 Å². The molecule has 0 heterocycles. The molecule has 1 aromatic rings. The van der Waals surface area contributed by atoms with Crippen LogP contribution in [0.25, 0.3) is 6.08 Å². The summed E-state index contributed by atoms with van der Waals surface area (Å²) in [5, 5.41) is 0. The standard InChI is InChI=1S/C13H16O/c1-3-13(11(2)14)10-9-12-7-5-4-6-8-12/h4-10,13H,3H2,1-2H3/b10-9-. The molecule has 0 bridgehead atoms. The van der Waals surface area contributed by atoms with Crippen LogP contribution < -0.4 is 0 Å². The molecule has 0 radical (unpaired) electrons. The topological polar surface area (TPSA) is 17.1 Å². The molecule has 1 heteroatoms. The summed E-state index contributed by atoms with van der Waals surface area (Å²) in [6, 6.07) is 10.0. The minimum atomic E-state index is 0.0650. The van der Waals surface area contributed by atoms with Gasteiger partial charge in [0.05, 0.1) is 0 Å². The van der Waals surface area contributed by atoms with E-state index in [9.17, 15) is 4.79 Å². The number of carbonyl (C=O) groups is 1. The molecule has 1 rings (SSSR count). The normalized spacial score (nSPS) is 13.0. The summed E-state index contributed by atoms with van der Waals surface area (Å²) >= 11 is 0. The van der Waals surface area contributed by atoms with Gasteiger partial charge in [-0.25, -0.2) is 0 Å². The summed E-state index contributed by atoms with van der Waals surface area (Å²) in [6.45, 7) is 3.67. The molecule has 1 atom stereocenters. The molecular weight excluding hydrogens is 172 g/mol. The Morgan fingerprint density at radius 1 is 1.36 bits per heavy atom. The number of hydrogen-bond acceptors (Lipinski definition) is 1. The van der Waals surface area contributed by atoms with Crippen LogP contribution in [0.15, 0.2) is 36.4 Å². The number of rotatable bonds is 4. The Morgan fingerprint density at radius 3 is 2.50 bits per heavy atom. The number of benzene rings is 1. The van der Waals surface area contributed by atoms with Crippen molar-refractivity contribution < 1.29 is 4.79 Å². The lowest BCUT2D eigenvalue weighted by molar-refractivity contribution is -0.119. The summed E-state index contributed by atoms with van der Waals surface area (Å²) in [6.07, 6.45) is 4.87. The van der Waals surface area contributed by atoms with Crippen molar-refractivity contribution in [2.45, 2.75) is 20.3 Å². The van der Waals surface area contributed by atoms with Crippen LogP contribution in [0, 0.1) is 5.92 Å². The molecule has 0 amide bonds. The van der Waals surface area contributed by atoms with Gasteiger partial charge in [0.2, 0.25) is 0 Å². The molecule has 0 fully saturated rings. The Bertz CT molecular complexity index is 311. The molecule has 0 aliphatic carbocycles. The van der Waals surface area contributed by atoms with E-state index in [0.717, 1.165) is 12.0 Å². The van der Waals surface area contributed by atoms with Gasteiger partial charge in [0, 0.05) is 5.92 Å². The summed E-state index contributed by atoms with van der Waals surface area (Å²) in [7, 11) is 0. The van der Waals surface area contributed by atoms with Crippen LogP contribution in [-0.2, 0) is 4.79 Å². The summed E-state index contributed by atoms with van der Waals surface area (Å²) in [4.78, 5) is 11.1. The van der Waals surface area contributed by atoms with Crippen LogP contribution in [0.2, 0.25) is 0 Å². The molecule has 0 saturated carbocycles. The highest BCUT2D eigenvalue weighted by Gasteiger charge is 2.06. The lowest BCUT2D eigenvalue weighted by Crippen LogP contribution is -2.05.